The molecule has 1 unspecified atom stereocenters. The SMILES string of the molecule is CC(c1nc(C2(N)CCCC2)no1)C(C)(F)F.Cl. The van der Waals surface area contributed by atoms with Crippen LogP contribution in [0.3, 0.4) is 0 Å². The van der Waals surface area contributed by atoms with Crippen molar-refractivity contribution in [3.8, 4) is 0 Å². The maximum absolute atomic E-state index is 13.1. The predicted octanol–water partition coefficient (Wildman–Crippen LogP) is 2.98. The highest BCUT2D eigenvalue weighted by molar-refractivity contribution is 5.85. The number of rotatable bonds is 3. The first-order chi connectivity index (χ1) is 7.83. The van der Waals surface area contributed by atoms with Gasteiger partial charge in [-0.25, -0.2) is 8.78 Å². The average Bonchev–Trinajstić information content (AvgIpc) is 2.84. The fourth-order valence-electron chi connectivity index (χ4n) is 2.06. The Bertz CT molecular complexity index is 399. The highest BCUT2D eigenvalue weighted by atomic mass is 35.5. The van der Waals surface area contributed by atoms with Crippen molar-refractivity contribution in [2.45, 2.75) is 56.9 Å². The van der Waals surface area contributed by atoms with Gasteiger partial charge in [0.2, 0.25) is 5.89 Å². The second kappa shape index (κ2) is 5.09. The lowest BCUT2D eigenvalue weighted by Crippen LogP contribution is -2.34. The molecule has 0 aromatic carbocycles. The zero-order valence-corrected chi connectivity index (χ0v) is 11.3. The summed E-state index contributed by atoms with van der Waals surface area (Å²) in [6.45, 7) is 2.21. The van der Waals surface area contributed by atoms with E-state index < -0.39 is 17.4 Å². The first kappa shape index (κ1) is 15.3. The minimum Gasteiger partial charge on any atom is -0.339 e. The Labute approximate surface area is 111 Å². The van der Waals surface area contributed by atoms with Gasteiger partial charge in [-0.3, -0.25) is 0 Å². The van der Waals surface area contributed by atoms with E-state index in [1.165, 1.54) is 6.92 Å². The molecule has 2 N–H and O–H groups in total. The number of hydrogen-bond acceptors (Lipinski definition) is 4. The van der Waals surface area contributed by atoms with Gasteiger partial charge in [0.25, 0.3) is 5.92 Å². The van der Waals surface area contributed by atoms with Gasteiger partial charge in [0.15, 0.2) is 5.82 Å². The summed E-state index contributed by atoms with van der Waals surface area (Å²) in [6, 6.07) is 0. The third-order valence-corrected chi connectivity index (χ3v) is 3.51. The lowest BCUT2D eigenvalue weighted by atomic mass is 9.98. The number of hydrogen-bond donors (Lipinski definition) is 1. The van der Waals surface area contributed by atoms with E-state index in [1.807, 2.05) is 0 Å². The molecule has 18 heavy (non-hydrogen) atoms. The molecule has 7 heteroatoms. The van der Waals surface area contributed by atoms with Crippen LogP contribution in [-0.4, -0.2) is 16.1 Å². The Morgan fingerprint density at radius 3 is 2.44 bits per heavy atom. The Kier molecular flexibility index (Phi) is 4.33. The van der Waals surface area contributed by atoms with Gasteiger partial charge in [-0.1, -0.05) is 18.0 Å². The molecule has 0 bridgehead atoms. The maximum atomic E-state index is 13.1. The third kappa shape index (κ3) is 2.80. The molecule has 1 aliphatic rings. The van der Waals surface area contributed by atoms with Crippen LogP contribution in [0.5, 0.6) is 0 Å². The molecule has 1 heterocycles. The van der Waals surface area contributed by atoms with E-state index in [9.17, 15) is 8.78 Å². The highest BCUT2D eigenvalue weighted by Gasteiger charge is 2.39. The molecule has 1 aromatic rings. The predicted molar refractivity (Wildman–Crippen MR) is 64.9 cm³/mol. The second-order valence-electron chi connectivity index (χ2n) is 5.00. The highest BCUT2D eigenvalue weighted by Crippen LogP contribution is 2.37. The first-order valence-electron chi connectivity index (χ1n) is 5.84. The van der Waals surface area contributed by atoms with Crippen molar-refractivity contribution in [2.75, 3.05) is 0 Å². The van der Waals surface area contributed by atoms with Gasteiger partial charge in [-0.05, 0) is 19.8 Å². The molecule has 1 aliphatic carbocycles. The quantitative estimate of drug-likeness (QED) is 0.925. The van der Waals surface area contributed by atoms with Crippen LogP contribution in [0.15, 0.2) is 4.52 Å². The fourth-order valence-corrected chi connectivity index (χ4v) is 2.06. The van der Waals surface area contributed by atoms with E-state index in [0.29, 0.717) is 5.82 Å². The molecule has 1 aromatic heterocycles. The number of halogens is 3. The smallest absolute Gasteiger partial charge is 0.256 e. The van der Waals surface area contributed by atoms with Gasteiger partial charge in [0, 0.05) is 6.92 Å². The topological polar surface area (TPSA) is 64.9 Å². The van der Waals surface area contributed by atoms with E-state index >= 15 is 0 Å². The minimum absolute atomic E-state index is 0. The van der Waals surface area contributed by atoms with Crippen molar-refractivity contribution in [3.05, 3.63) is 11.7 Å². The van der Waals surface area contributed by atoms with Crippen LogP contribution in [-0.2, 0) is 5.54 Å². The molecule has 1 fully saturated rings. The lowest BCUT2D eigenvalue weighted by molar-refractivity contribution is -0.0115. The summed E-state index contributed by atoms with van der Waals surface area (Å²) < 4.78 is 31.2. The normalized spacial score (nSPS) is 20.5. The molecule has 2 rings (SSSR count). The van der Waals surface area contributed by atoms with Crippen molar-refractivity contribution >= 4 is 12.4 Å². The number of alkyl halides is 2. The molecule has 0 radical (unpaired) electrons. The van der Waals surface area contributed by atoms with Gasteiger partial charge in [0.1, 0.15) is 0 Å². The van der Waals surface area contributed by atoms with Crippen LogP contribution < -0.4 is 5.73 Å². The van der Waals surface area contributed by atoms with Crippen LogP contribution in [0.25, 0.3) is 0 Å². The Hall–Kier alpha value is -0.750. The number of nitrogens with two attached hydrogens (primary N) is 1. The van der Waals surface area contributed by atoms with Crippen LogP contribution >= 0.6 is 12.4 Å². The van der Waals surface area contributed by atoms with Gasteiger partial charge in [-0.15, -0.1) is 12.4 Å². The maximum Gasteiger partial charge on any atom is 0.256 e. The first-order valence-corrected chi connectivity index (χ1v) is 5.84. The van der Waals surface area contributed by atoms with Crippen molar-refractivity contribution < 1.29 is 13.3 Å². The molecule has 104 valence electrons. The van der Waals surface area contributed by atoms with Gasteiger partial charge in [-0.2, -0.15) is 4.98 Å². The van der Waals surface area contributed by atoms with Crippen LogP contribution in [0.1, 0.15) is 57.2 Å². The summed E-state index contributed by atoms with van der Waals surface area (Å²) in [5.74, 6) is -3.64. The summed E-state index contributed by atoms with van der Waals surface area (Å²) in [5.41, 5.74) is 5.54. The third-order valence-electron chi connectivity index (χ3n) is 3.51. The Morgan fingerprint density at radius 1 is 1.39 bits per heavy atom. The number of aromatic nitrogens is 2. The summed E-state index contributed by atoms with van der Waals surface area (Å²) in [5, 5.41) is 3.76. The van der Waals surface area contributed by atoms with E-state index in [2.05, 4.69) is 10.1 Å². The van der Waals surface area contributed by atoms with Crippen molar-refractivity contribution in [3.63, 3.8) is 0 Å². The van der Waals surface area contributed by atoms with E-state index in [0.717, 1.165) is 32.6 Å². The van der Waals surface area contributed by atoms with Gasteiger partial charge >= 0.3 is 0 Å². The zero-order valence-electron chi connectivity index (χ0n) is 10.4. The van der Waals surface area contributed by atoms with Crippen LogP contribution in [0.4, 0.5) is 8.78 Å². The molecular formula is C11H18ClF2N3O. The molecule has 0 spiro atoms. The molecule has 0 saturated heterocycles. The average molecular weight is 282 g/mol. The fraction of sp³-hybridized carbons (Fsp3) is 0.818. The zero-order chi connectivity index (χ0) is 12.7. The van der Waals surface area contributed by atoms with Crippen molar-refractivity contribution in [2.24, 2.45) is 5.73 Å². The van der Waals surface area contributed by atoms with E-state index in [1.54, 1.807) is 0 Å². The Morgan fingerprint density at radius 2 is 1.94 bits per heavy atom. The molecular weight excluding hydrogens is 264 g/mol. The van der Waals surface area contributed by atoms with Gasteiger partial charge in [0.05, 0.1) is 11.5 Å². The van der Waals surface area contributed by atoms with Crippen LogP contribution in [0.2, 0.25) is 0 Å². The largest absolute Gasteiger partial charge is 0.339 e. The van der Waals surface area contributed by atoms with Gasteiger partial charge < -0.3 is 10.3 Å². The molecule has 0 amide bonds. The summed E-state index contributed by atoms with van der Waals surface area (Å²) >= 11 is 0. The van der Waals surface area contributed by atoms with Crippen molar-refractivity contribution in [1.29, 1.82) is 0 Å². The molecule has 4 nitrogen and oxygen atoms in total. The van der Waals surface area contributed by atoms with E-state index in [-0.39, 0.29) is 18.3 Å². The summed E-state index contributed by atoms with van der Waals surface area (Å²) in [7, 11) is 0. The minimum atomic E-state index is -2.87. The summed E-state index contributed by atoms with van der Waals surface area (Å²) in [4.78, 5) is 4.05. The Balaban J connectivity index is 0.00000162. The molecule has 1 saturated carbocycles. The van der Waals surface area contributed by atoms with Crippen molar-refractivity contribution in [1.82, 2.24) is 10.1 Å². The number of nitrogens with zero attached hydrogens (tertiary/aromatic N) is 2. The summed E-state index contributed by atoms with van der Waals surface area (Å²) in [6.07, 6.45) is 3.59. The van der Waals surface area contributed by atoms with Crippen LogP contribution in [0, 0.1) is 0 Å². The second-order valence-corrected chi connectivity index (χ2v) is 5.00. The molecule has 0 aliphatic heterocycles. The van der Waals surface area contributed by atoms with E-state index in [4.69, 9.17) is 10.3 Å². The lowest BCUT2D eigenvalue weighted by Gasteiger charge is -2.18. The molecule has 1 atom stereocenters. The standard InChI is InChI=1S/C11H17F2N3O.ClH/c1-7(10(2,12)13)8-15-9(16-17-8)11(14)5-3-4-6-11;/h7H,3-6,14H2,1-2H3;1H. The monoisotopic (exact) mass is 281 g/mol.